The zero-order valence-corrected chi connectivity index (χ0v) is 19.2. The van der Waals surface area contributed by atoms with Crippen LogP contribution in [0, 0.1) is 5.92 Å². The van der Waals surface area contributed by atoms with E-state index >= 15 is 0 Å². The van der Waals surface area contributed by atoms with Gasteiger partial charge in [0.1, 0.15) is 11.9 Å². The smallest absolute Gasteiger partial charge is 0.263 e. The Bertz CT molecular complexity index is 1110. The molecule has 2 aromatic carbocycles. The number of hydrogen-bond donors (Lipinski definition) is 2. The van der Waals surface area contributed by atoms with Gasteiger partial charge in [0.25, 0.3) is 10.0 Å². The van der Waals surface area contributed by atoms with Crippen LogP contribution in [0.1, 0.15) is 31.9 Å². The minimum atomic E-state index is -3.70. The number of fused-ring (bicyclic) bond motifs is 1. The molecule has 2 aromatic rings. The number of hydrogen-bond acceptors (Lipinski definition) is 5. The van der Waals surface area contributed by atoms with Crippen LogP contribution in [0.15, 0.2) is 64.5 Å². The molecule has 0 saturated carbocycles. The number of amides is 2. The molecule has 8 nitrogen and oxygen atoms in total. The fourth-order valence-electron chi connectivity index (χ4n) is 3.44. The van der Waals surface area contributed by atoms with Gasteiger partial charge in [-0.2, -0.15) is 0 Å². The van der Waals surface area contributed by atoms with Gasteiger partial charge in [0.2, 0.25) is 11.8 Å². The molecule has 0 bridgehead atoms. The number of sulfonamides is 1. The molecule has 0 spiro atoms. The first-order valence-electron chi connectivity index (χ1n) is 10.5. The van der Waals surface area contributed by atoms with E-state index in [9.17, 15) is 18.0 Å². The lowest BCUT2D eigenvalue weighted by Gasteiger charge is -2.22. The summed E-state index contributed by atoms with van der Waals surface area (Å²) in [5.41, 5.74) is 1.44. The van der Waals surface area contributed by atoms with Crippen molar-refractivity contribution in [2.45, 2.75) is 38.3 Å². The molecule has 170 valence electrons. The molecule has 1 aliphatic rings. The van der Waals surface area contributed by atoms with Crippen molar-refractivity contribution in [1.82, 2.24) is 14.9 Å². The molecule has 1 heterocycles. The first-order valence-corrected chi connectivity index (χ1v) is 12.0. The van der Waals surface area contributed by atoms with Crippen molar-refractivity contribution in [3.05, 3.63) is 65.7 Å². The normalized spacial score (nSPS) is 16.3. The molecular weight excluding hydrogens is 428 g/mol. The van der Waals surface area contributed by atoms with Gasteiger partial charge in [-0.1, -0.05) is 56.3 Å². The first-order chi connectivity index (χ1) is 15.2. The van der Waals surface area contributed by atoms with Gasteiger partial charge in [0.15, 0.2) is 0 Å². The van der Waals surface area contributed by atoms with E-state index in [-0.39, 0.29) is 29.1 Å². The van der Waals surface area contributed by atoms with Gasteiger partial charge in [-0.15, -0.1) is 0 Å². The first kappa shape index (κ1) is 23.5. The van der Waals surface area contributed by atoms with E-state index in [2.05, 4.69) is 15.0 Å². The third-order valence-corrected chi connectivity index (χ3v) is 6.59. The van der Waals surface area contributed by atoms with E-state index in [0.717, 1.165) is 5.56 Å². The Kier molecular flexibility index (Phi) is 7.29. The summed E-state index contributed by atoms with van der Waals surface area (Å²) in [7, 11) is -3.70. The van der Waals surface area contributed by atoms with Crippen LogP contribution < -0.4 is 10.0 Å². The Hall–Kier alpha value is -3.20. The summed E-state index contributed by atoms with van der Waals surface area (Å²) in [6, 6.07) is 15.3. The number of rotatable bonds is 8. The third-order valence-electron chi connectivity index (χ3n) is 5.20. The number of aliphatic imine (C=N–C) groups is 1. The Morgan fingerprint density at radius 3 is 2.38 bits per heavy atom. The van der Waals surface area contributed by atoms with Gasteiger partial charge in [0, 0.05) is 18.7 Å². The Labute approximate surface area is 188 Å². The molecular formula is C23H28N4O4S. The third kappa shape index (κ3) is 5.34. The van der Waals surface area contributed by atoms with Crippen LogP contribution >= 0.6 is 0 Å². The monoisotopic (exact) mass is 456 g/mol. The van der Waals surface area contributed by atoms with Gasteiger partial charge in [0.05, 0.1) is 11.4 Å². The van der Waals surface area contributed by atoms with Crippen molar-refractivity contribution in [1.29, 1.82) is 0 Å². The molecule has 1 atom stereocenters. The molecule has 0 radical (unpaired) electrons. The Balaban J connectivity index is 1.70. The number of carbonyl (C=O) groups excluding carboxylic acids is 2. The van der Waals surface area contributed by atoms with Crippen molar-refractivity contribution < 1.29 is 18.0 Å². The van der Waals surface area contributed by atoms with Crippen LogP contribution in [0.4, 0.5) is 0 Å². The van der Waals surface area contributed by atoms with Crippen molar-refractivity contribution in [3.8, 4) is 0 Å². The number of nitrogens with one attached hydrogen (secondary N) is 2. The number of nitrogens with zero attached hydrogens (tertiary/aromatic N) is 2. The molecule has 9 heteroatoms. The van der Waals surface area contributed by atoms with Crippen molar-refractivity contribution >= 4 is 27.7 Å². The zero-order valence-electron chi connectivity index (χ0n) is 18.4. The van der Waals surface area contributed by atoms with Gasteiger partial charge >= 0.3 is 0 Å². The van der Waals surface area contributed by atoms with Crippen molar-refractivity contribution in [2.75, 3.05) is 13.1 Å². The number of carbonyl (C=O) groups is 2. The maximum atomic E-state index is 12.9. The predicted octanol–water partition coefficient (Wildman–Crippen LogP) is 1.91. The summed E-state index contributed by atoms with van der Waals surface area (Å²) in [4.78, 5) is 31.7. The summed E-state index contributed by atoms with van der Waals surface area (Å²) < 4.78 is 27.1. The van der Waals surface area contributed by atoms with Crippen molar-refractivity contribution in [3.63, 3.8) is 0 Å². The molecule has 0 saturated heterocycles. The maximum absolute atomic E-state index is 12.9. The van der Waals surface area contributed by atoms with E-state index in [4.69, 9.17) is 0 Å². The second kappa shape index (κ2) is 9.95. The van der Waals surface area contributed by atoms with E-state index in [1.807, 2.05) is 51.1 Å². The van der Waals surface area contributed by atoms with E-state index in [0.29, 0.717) is 18.7 Å². The highest BCUT2D eigenvalue weighted by atomic mass is 32.2. The molecule has 2 amide bonds. The van der Waals surface area contributed by atoms with Crippen LogP contribution in [-0.2, 0) is 26.2 Å². The summed E-state index contributed by atoms with van der Waals surface area (Å²) >= 11 is 0. The summed E-state index contributed by atoms with van der Waals surface area (Å²) in [6.45, 7) is 6.34. The lowest BCUT2D eigenvalue weighted by molar-refractivity contribution is -0.133. The van der Waals surface area contributed by atoms with Crippen LogP contribution in [0.2, 0.25) is 0 Å². The summed E-state index contributed by atoms with van der Waals surface area (Å²) in [5.74, 6) is -0.700. The Morgan fingerprint density at radius 1 is 1.06 bits per heavy atom. The lowest BCUT2D eigenvalue weighted by atomic mass is 10.0. The van der Waals surface area contributed by atoms with E-state index in [1.165, 1.54) is 6.07 Å². The molecule has 0 aromatic heterocycles. The minimum absolute atomic E-state index is 0.136. The van der Waals surface area contributed by atoms with Crippen molar-refractivity contribution in [2.24, 2.45) is 10.9 Å². The highest BCUT2D eigenvalue weighted by Gasteiger charge is 2.32. The zero-order chi connectivity index (χ0) is 23.3. The fourth-order valence-corrected chi connectivity index (χ4v) is 4.68. The lowest BCUT2D eigenvalue weighted by Crippen LogP contribution is -2.44. The number of likely N-dealkylation sites (N-methyl/N-ethyl adjacent to an activating group) is 1. The van der Waals surface area contributed by atoms with Crippen LogP contribution in [0.5, 0.6) is 0 Å². The van der Waals surface area contributed by atoms with Crippen LogP contribution in [0.3, 0.4) is 0 Å². The maximum Gasteiger partial charge on any atom is 0.263 e. The molecule has 1 aliphatic heterocycles. The highest BCUT2D eigenvalue weighted by Crippen LogP contribution is 2.23. The number of amidine groups is 1. The Morgan fingerprint density at radius 2 is 1.72 bits per heavy atom. The molecule has 0 aliphatic carbocycles. The fraction of sp³-hybridized carbons (Fsp3) is 0.348. The number of benzene rings is 2. The average molecular weight is 457 g/mol. The summed E-state index contributed by atoms with van der Waals surface area (Å²) in [6.07, 6.45) is 0. The molecule has 2 N–H and O–H groups in total. The van der Waals surface area contributed by atoms with Crippen LogP contribution in [0.25, 0.3) is 0 Å². The van der Waals surface area contributed by atoms with Gasteiger partial charge in [-0.3, -0.25) is 19.3 Å². The van der Waals surface area contributed by atoms with E-state index in [1.54, 1.807) is 23.1 Å². The SMILES string of the molecule is CCN(Cc1ccccc1)C(=O)CNC(=O)[C@@H](N=C1NS(=O)(=O)c2ccccc21)C(C)C. The summed E-state index contributed by atoms with van der Waals surface area (Å²) in [5, 5.41) is 2.67. The molecule has 3 rings (SSSR count). The second-order valence-electron chi connectivity index (χ2n) is 7.88. The largest absolute Gasteiger partial charge is 0.345 e. The average Bonchev–Trinajstić information content (AvgIpc) is 3.04. The molecule has 0 unspecified atom stereocenters. The van der Waals surface area contributed by atoms with Crippen LogP contribution in [-0.4, -0.2) is 50.1 Å². The van der Waals surface area contributed by atoms with Gasteiger partial charge < -0.3 is 10.2 Å². The topological polar surface area (TPSA) is 108 Å². The van der Waals surface area contributed by atoms with Gasteiger partial charge in [-0.25, -0.2) is 8.42 Å². The standard InChI is InChI=1S/C23H28N4O4S/c1-4-27(15-17-10-6-5-7-11-17)20(28)14-24-23(29)21(16(2)3)25-22-18-12-8-9-13-19(18)32(30,31)26-22/h5-13,16,21H,4,14-15H2,1-3H3,(H,24,29)(H,25,26)/t21-/m0/s1. The highest BCUT2D eigenvalue weighted by molar-refractivity contribution is 7.90. The molecule has 32 heavy (non-hydrogen) atoms. The van der Waals surface area contributed by atoms with E-state index < -0.39 is 22.0 Å². The quantitative estimate of drug-likeness (QED) is 0.633. The predicted molar refractivity (Wildman–Crippen MR) is 122 cm³/mol. The van der Waals surface area contributed by atoms with Gasteiger partial charge in [-0.05, 0) is 30.5 Å². The second-order valence-corrected chi connectivity index (χ2v) is 9.53. The minimum Gasteiger partial charge on any atom is -0.345 e. The molecule has 0 fully saturated rings.